The first-order valence-electron chi connectivity index (χ1n) is 11.9. The number of hydrogen-bond acceptors (Lipinski definition) is 6. The van der Waals surface area contributed by atoms with Gasteiger partial charge in [-0.3, -0.25) is 9.59 Å². The lowest BCUT2D eigenvalue weighted by Crippen LogP contribution is -2.37. The lowest BCUT2D eigenvalue weighted by atomic mass is 9.98. The molecule has 0 atom stereocenters. The zero-order valence-electron chi connectivity index (χ0n) is 21.4. The zero-order valence-corrected chi connectivity index (χ0v) is 21.4. The monoisotopic (exact) mass is 496 g/mol. The Morgan fingerprint density at radius 2 is 1.78 bits per heavy atom. The Bertz CT molecular complexity index is 1410. The Balaban J connectivity index is 1.45. The average molecular weight is 497 g/mol. The molecule has 2 N–H and O–H groups in total. The van der Waals surface area contributed by atoms with E-state index in [0.717, 1.165) is 22.5 Å². The van der Waals surface area contributed by atoms with Gasteiger partial charge in [-0.05, 0) is 75.7 Å². The Morgan fingerprint density at radius 1 is 1.00 bits per heavy atom. The van der Waals surface area contributed by atoms with Gasteiger partial charge in [-0.15, -0.1) is 0 Å². The molecule has 0 aliphatic carbocycles. The van der Waals surface area contributed by atoms with Crippen LogP contribution in [-0.4, -0.2) is 21.8 Å². The van der Waals surface area contributed by atoms with Crippen molar-refractivity contribution < 1.29 is 18.9 Å². The number of nitrogens with zero attached hydrogens (tertiary/aromatic N) is 3. The SMILES string of the molecule is Cc1cc(NC(=O)c2ccccc2)ccc1Nc1nccc(-c2ccc[n+](COC(=O)C(C)(C)C)c2)n1. The van der Waals surface area contributed by atoms with E-state index in [1.807, 2.05) is 94.7 Å². The van der Waals surface area contributed by atoms with Crippen molar-refractivity contribution in [2.24, 2.45) is 5.41 Å². The van der Waals surface area contributed by atoms with Crippen LogP contribution in [-0.2, 0) is 16.3 Å². The first kappa shape index (κ1) is 25.5. The number of ether oxygens (including phenoxy) is 1. The summed E-state index contributed by atoms with van der Waals surface area (Å²) in [4.78, 5) is 33.5. The first-order valence-corrected chi connectivity index (χ1v) is 11.9. The Morgan fingerprint density at radius 3 is 2.51 bits per heavy atom. The number of carbonyl (C=O) groups is 2. The second-order valence-electron chi connectivity index (χ2n) is 9.66. The smallest absolute Gasteiger partial charge is 0.316 e. The maximum absolute atomic E-state index is 12.4. The summed E-state index contributed by atoms with van der Waals surface area (Å²) in [6.07, 6.45) is 5.39. The molecule has 0 bridgehead atoms. The molecule has 0 aliphatic heterocycles. The van der Waals surface area contributed by atoms with Crippen molar-refractivity contribution in [3.8, 4) is 11.3 Å². The summed E-state index contributed by atoms with van der Waals surface area (Å²) < 4.78 is 7.20. The number of nitrogens with one attached hydrogen (secondary N) is 2. The molecule has 0 spiro atoms. The molecule has 4 rings (SSSR count). The van der Waals surface area contributed by atoms with Crippen LogP contribution in [0.2, 0.25) is 0 Å². The zero-order chi connectivity index (χ0) is 26.4. The third-order valence-electron chi connectivity index (χ3n) is 5.53. The molecule has 37 heavy (non-hydrogen) atoms. The van der Waals surface area contributed by atoms with Crippen LogP contribution in [0.1, 0.15) is 36.7 Å². The molecule has 1 amide bonds. The highest BCUT2D eigenvalue weighted by Gasteiger charge is 2.24. The van der Waals surface area contributed by atoms with E-state index in [2.05, 4.69) is 20.6 Å². The van der Waals surface area contributed by atoms with E-state index >= 15 is 0 Å². The molecule has 4 aromatic rings. The van der Waals surface area contributed by atoms with Gasteiger partial charge in [0.15, 0.2) is 12.4 Å². The Kier molecular flexibility index (Phi) is 7.57. The molecule has 0 saturated heterocycles. The van der Waals surface area contributed by atoms with Gasteiger partial charge in [0.25, 0.3) is 12.6 Å². The molecule has 2 heterocycles. The van der Waals surface area contributed by atoms with E-state index in [1.54, 1.807) is 22.9 Å². The number of amides is 1. The van der Waals surface area contributed by atoms with Gasteiger partial charge >= 0.3 is 5.97 Å². The molecular weight excluding hydrogens is 466 g/mol. The second kappa shape index (κ2) is 11.0. The van der Waals surface area contributed by atoms with Crippen LogP contribution in [0.3, 0.4) is 0 Å². The maximum atomic E-state index is 12.4. The number of hydrogen-bond donors (Lipinski definition) is 2. The molecule has 2 aromatic heterocycles. The van der Waals surface area contributed by atoms with Gasteiger partial charge in [0.05, 0.1) is 16.7 Å². The van der Waals surface area contributed by atoms with Crippen molar-refractivity contribution in [3.63, 3.8) is 0 Å². The van der Waals surface area contributed by atoms with Gasteiger partial charge < -0.3 is 15.4 Å². The van der Waals surface area contributed by atoms with Crippen molar-refractivity contribution in [3.05, 3.63) is 96.4 Å². The van der Waals surface area contributed by atoms with Crippen LogP contribution in [0.15, 0.2) is 85.3 Å². The lowest BCUT2D eigenvalue weighted by Gasteiger charge is -2.14. The quantitative estimate of drug-likeness (QED) is 0.267. The molecule has 0 fully saturated rings. The van der Waals surface area contributed by atoms with E-state index in [-0.39, 0.29) is 18.6 Å². The van der Waals surface area contributed by atoms with Crippen LogP contribution in [0.5, 0.6) is 0 Å². The molecule has 8 nitrogen and oxygen atoms in total. The molecule has 188 valence electrons. The lowest BCUT2D eigenvalue weighted by molar-refractivity contribution is -0.727. The van der Waals surface area contributed by atoms with Crippen molar-refractivity contribution in [1.82, 2.24) is 9.97 Å². The van der Waals surface area contributed by atoms with Gasteiger partial charge in [0, 0.05) is 29.2 Å². The van der Waals surface area contributed by atoms with Crippen molar-refractivity contribution in [2.45, 2.75) is 34.4 Å². The molecular formula is C29H30N5O3+. The summed E-state index contributed by atoms with van der Waals surface area (Å²) in [5.74, 6) is 0.0150. The Labute approximate surface area is 216 Å². The number of anilines is 3. The van der Waals surface area contributed by atoms with E-state index in [1.165, 1.54) is 0 Å². The van der Waals surface area contributed by atoms with Crippen LogP contribution < -0.4 is 15.2 Å². The fraction of sp³-hybridized carbons (Fsp3) is 0.207. The Hall–Kier alpha value is -4.59. The van der Waals surface area contributed by atoms with Crippen LogP contribution in [0, 0.1) is 12.3 Å². The van der Waals surface area contributed by atoms with Crippen molar-refractivity contribution in [2.75, 3.05) is 10.6 Å². The summed E-state index contributed by atoms with van der Waals surface area (Å²) in [6.45, 7) is 7.53. The molecule has 2 aromatic carbocycles. The summed E-state index contributed by atoms with van der Waals surface area (Å²) in [7, 11) is 0. The maximum Gasteiger partial charge on any atom is 0.316 e. The summed E-state index contributed by atoms with van der Waals surface area (Å²) in [5, 5.41) is 6.17. The minimum absolute atomic E-state index is 0.118. The molecule has 0 saturated carbocycles. The van der Waals surface area contributed by atoms with Crippen LogP contribution in [0.25, 0.3) is 11.3 Å². The highest BCUT2D eigenvalue weighted by molar-refractivity contribution is 6.04. The van der Waals surface area contributed by atoms with Gasteiger partial charge in [-0.25, -0.2) is 9.97 Å². The van der Waals surface area contributed by atoms with E-state index < -0.39 is 5.41 Å². The minimum atomic E-state index is -0.560. The highest BCUT2D eigenvalue weighted by atomic mass is 16.5. The summed E-state index contributed by atoms with van der Waals surface area (Å²) >= 11 is 0. The van der Waals surface area contributed by atoms with E-state index in [0.29, 0.717) is 17.2 Å². The first-order chi connectivity index (χ1) is 17.7. The largest absolute Gasteiger partial charge is 0.404 e. The molecule has 0 unspecified atom stereocenters. The predicted molar refractivity (Wildman–Crippen MR) is 142 cm³/mol. The predicted octanol–water partition coefficient (Wildman–Crippen LogP) is 5.28. The number of carbonyl (C=O) groups excluding carboxylic acids is 2. The number of esters is 1. The van der Waals surface area contributed by atoms with Gasteiger partial charge in [0.2, 0.25) is 5.95 Å². The van der Waals surface area contributed by atoms with E-state index in [9.17, 15) is 9.59 Å². The molecule has 8 heteroatoms. The van der Waals surface area contributed by atoms with Gasteiger partial charge in [-0.2, -0.15) is 4.57 Å². The molecule has 0 aliphatic rings. The van der Waals surface area contributed by atoms with Crippen molar-refractivity contribution >= 4 is 29.2 Å². The number of benzene rings is 2. The fourth-order valence-electron chi connectivity index (χ4n) is 3.48. The van der Waals surface area contributed by atoms with Gasteiger partial charge in [0.1, 0.15) is 0 Å². The second-order valence-corrected chi connectivity index (χ2v) is 9.66. The van der Waals surface area contributed by atoms with Crippen LogP contribution >= 0.6 is 0 Å². The third-order valence-corrected chi connectivity index (χ3v) is 5.53. The number of pyridine rings is 1. The van der Waals surface area contributed by atoms with Gasteiger partial charge in [-0.1, -0.05) is 18.2 Å². The summed E-state index contributed by atoms with van der Waals surface area (Å²) in [5.41, 5.74) is 4.07. The third kappa shape index (κ3) is 6.76. The average Bonchev–Trinajstić information content (AvgIpc) is 2.89. The number of rotatable bonds is 7. The standard InChI is InChI=1S/C29H29N5O3/c1-20-17-23(31-26(35)21-9-6-5-7-10-21)12-13-24(20)32-28-30-15-14-25(33-28)22-11-8-16-34(18-22)19-37-27(36)29(2,3)4/h5-18H,19H2,1-4H3,(H-,30,31,32,33,35)/p+1. The minimum Gasteiger partial charge on any atom is -0.404 e. The summed E-state index contributed by atoms with van der Waals surface area (Å²) in [6, 6.07) is 20.3. The van der Waals surface area contributed by atoms with E-state index in [4.69, 9.17) is 4.74 Å². The van der Waals surface area contributed by atoms with Crippen LogP contribution in [0.4, 0.5) is 17.3 Å². The number of aromatic nitrogens is 3. The normalized spacial score (nSPS) is 11.0. The van der Waals surface area contributed by atoms with Crippen molar-refractivity contribution in [1.29, 1.82) is 0 Å². The molecule has 0 radical (unpaired) electrons. The topological polar surface area (TPSA) is 97.1 Å². The fourth-order valence-corrected chi connectivity index (χ4v) is 3.48. The number of aryl methyl sites for hydroxylation is 1. The highest BCUT2D eigenvalue weighted by Crippen LogP contribution is 2.24.